The van der Waals surface area contributed by atoms with E-state index >= 15 is 0 Å². The molecule has 110 valence electrons. The topological polar surface area (TPSA) is 92.3 Å². The average Bonchev–Trinajstić information content (AvgIpc) is 2.79. The molecule has 1 fully saturated rings. The molecule has 0 aliphatic carbocycles. The lowest BCUT2D eigenvalue weighted by atomic mass is 10.2. The lowest BCUT2D eigenvalue weighted by Crippen LogP contribution is -2.38. The second-order valence-electron chi connectivity index (χ2n) is 4.79. The molecule has 0 bridgehead atoms. The highest BCUT2D eigenvalue weighted by Crippen LogP contribution is 2.18. The Morgan fingerprint density at radius 1 is 1.45 bits per heavy atom. The number of amides is 1. The largest absolute Gasteiger partial charge is 0.369 e. The number of anilines is 1. The second-order valence-corrected chi connectivity index (χ2v) is 7.02. The Labute approximate surface area is 118 Å². The molecule has 0 spiro atoms. The van der Waals surface area contributed by atoms with Gasteiger partial charge in [-0.25, -0.2) is 18.4 Å². The van der Waals surface area contributed by atoms with Crippen LogP contribution < -0.4 is 5.32 Å². The first kappa shape index (κ1) is 14.7. The summed E-state index contributed by atoms with van der Waals surface area (Å²) >= 11 is 0. The lowest BCUT2D eigenvalue weighted by molar-refractivity contribution is 0.0741. The van der Waals surface area contributed by atoms with Gasteiger partial charge in [0.1, 0.15) is 11.5 Å². The number of aromatic nitrogens is 2. The minimum absolute atomic E-state index is 0.0259. The Kier molecular flexibility index (Phi) is 4.22. The van der Waals surface area contributed by atoms with Gasteiger partial charge in [-0.05, 0) is 13.3 Å². The van der Waals surface area contributed by atoms with Crippen LogP contribution in [0.1, 0.15) is 23.8 Å². The Bertz CT molecular complexity index is 585. The molecular weight excluding hydrogens is 280 g/mol. The van der Waals surface area contributed by atoms with Gasteiger partial charge in [-0.3, -0.25) is 4.79 Å². The molecule has 1 N–H and O–H groups in total. The van der Waals surface area contributed by atoms with E-state index in [9.17, 15) is 13.2 Å². The van der Waals surface area contributed by atoms with Gasteiger partial charge < -0.3 is 10.2 Å². The maximum atomic E-state index is 12.2. The third-order valence-corrected chi connectivity index (χ3v) is 5.06. The number of nitrogens with one attached hydrogen (secondary N) is 1. The van der Waals surface area contributed by atoms with Gasteiger partial charge in [-0.15, -0.1) is 0 Å². The quantitative estimate of drug-likeness (QED) is 0.851. The highest BCUT2D eigenvalue weighted by molar-refractivity contribution is 7.91. The van der Waals surface area contributed by atoms with Crippen LogP contribution in [-0.4, -0.2) is 60.3 Å². The van der Waals surface area contributed by atoms with E-state index < -0.39 is 9.84 Å². The van der Waals surface area contributed by atoms with Crippen molar-refractivity contribution in [2.24, 2.45) is 0 Å². The molecule has 2 heterocycles. The zero-order valence-electron chi connectivity index (χ0n) is 11.5. The lowest BCUT2D eigenvalue weighted by Gasteiger charge is -2.22. The molecule has 1 saturated heterocycles. The molecule has 1 unspecified atom stereocenters. The molecular formula is C12H18N4O3S. The predicted molar refractivity (Wildman–Crippen MR) is 75.3 cm³/mol. The van der Waals surface area contributed by atoms with E-state index in [1.54, 1.807) is 7.05 Å². The SMILES string of the molecule is CCNc1cnc(C(=O)N(C)C2CCS(=O)(=O)C2)cn1. The number of rotatable bonds is 4. The first-order valence-electron chi connectivity index (χ1n) is 6.46. The summed E-state index contributed by atoms with van der Waals surface area (Å²) in [6.07, 6.45) is 3.38. The summed E-state index contributed by atoms with van der Waals surface area (Å²) in [5, 5.41) is 2.99. The summed E-state index contributed by atoms with van der Waals surface area (Å²) in [6.45, 7) is 2.66. The maximum Gasteiger partial charge on any atom is 0.274 e. The monoisotopic (exact) mass is 298 g/mol. The zero-order valence-corrected chi connectivity index (χ0v) is 12.4. The molecule has 2 rings (SSSR count). The third kappa shape index (κ3) is 3.24. The fourth-order valence-corrected chi connectivity index (χ4v) is 3.91. The summed E-state index contributed by atoms with van der Waals surface area (Å²) in [6, 6.07) is -0.275. The van der Waals surface area contributed by atoms with Crippen LogP contribution in [0.3, 0.4) is 0 Å². The second kappa shape index (κ2) is 5.74. The Morgan fingerprint density at radius 2 is 2.20 bits per heavy atom. The standard InChI is InChI=1S/C12H18N4O3S/c1-3-13-11-7-14-10(6-15-11)12(17)16(2)9-4-5-20(18,19)8-9/h6-7,9H,3-5,8H2,1-2H3,(H,13,15). The van der Waals surface area contributed by atoms with Gasteiger partial charge in [0.15, 0.2) is 9.84 Å². The van der Waals surface area contributed by atoms with E-state index in [4.69, 9.17) is 0 Å². The molecule has 1 aromatic rings. The number of carbonyl (C=O) groups excluding carboxylic acids is 1. The van der Waals surface area contributed by atoms with Crippen molar-refractivity contribution in [2.45, 2.75) is 19.4 Å². The smallest absolute Gasteiger partial charge is 0.274 e. The molecule has 20 heavy (non-hydrogen) atoms. The number of hydrogen-bond acceptors (Lipinski definition) is 6. The van der Waals surface area contributed by atoms with Crippen molar-refractivity contribution in [1.82, 2.24) is 14.9 Å². The number of nitrogens with zero attached hydrogens (tertiary/aromatic N) is 3. The third-order valence-electron chi connectivity index (χ3n) is 3.31. The highest BCUT2D eigenvalue weighted by Gasteiger charge is 2.33. The molecule has 7 nitrogen and oxygen atoms in total. The van der Waals surface area contributed by atoms with E-state index in [0.29, 0.717) is 12.2 Å². The van der Waals surface area contributed by atoms with Crippen LogP contribution in [0.5, 0.6) is 0 Å². The van der Waals surface area contributed by atoms with Gasteiger partial charge in [0.25, 0.3) is 5.91 Å². The molecule has 1 aromatic heterocycles. The molecule has 1 amide bonds. The predicted octanol–water partition coefficient (Wildman–Crippen LogP) is 0.168. The van der Waals surface area contributed by atoms with Gasteiger partial charge in [0.2, 0.25) is 0 Å². The van der Waals surface area contributed by atoms with E-state index in [1.807, 2.05) is 6.92 Å². The van der Waals surface area contributed by atoms with Gasteiger partial charge >= 0.3 is 0 Å². The zero-order chi connectivity index (χ0) is 14.8. The van der Waals surface area contributed by atoms with Crippen molar-refractivity contribution >= 4 is 21.6 Å². The van der Waals surface area contributed by atoms with Gasteiger partial charge in [-0.2, -0.15) is 0 Å². The number of sulfone groups is 1. The van der Waals surface area contributed by atoms with Crippen LogP contribution in [0.25, 0.3) is 0 Å². The summed E-state index contributed by atoms with van der Waals surface area (Å²) < 4.78 is 22.9. The summed E-state index contributed by atoms with van der Waals surface area (Å²) in [5.74, 6) is 0.469. The fourth-order valence-electron chi connectivity index (χ4n) is 2.14. The van der Waals surface area contributed by atoms with E-state index in [2.05, 4.69) is 15.3 Å². The Hall–Kier alpha value is -1.70. The van der Waals surface area contributed by atoms with Crippen LogP contribution in [0.15, 0.2) is 12.4 Å². The molecule has 0 aromatic carbocycles. The van der Waals surface area contributed by atoms with Crippen molar-refractivity contribution in [3.05, 3.63) is 18.1 Å². The number of carbonyl (C=O) groups is 1. The van der Waals surface area contributed by atoms with Crippen molar-refractivity contribution in [3.63, 3.8) is 0 Å². The van der Waals surface area contributed by atoms with Gasteiger partial charge in [0, 0.05) is 19.6 Å². The van der Waals surface area contributed by atoms with Gasteiger partial charge in [0.05, 0.1) is 23.9 Å². The summed E-state index contributed by atoms with van der Waals surface area (Å²) in [4.78, 5) is 21.8. The van der Waals surface area contributed by atoms with E-state index in [0.717, 1.165) is 6.54 Å². The fraction of sp³-hybridized carbons (Fsp3) is 0.583. The van der Waals surface area contributed by atoms with Crippen molar-refractivity contribution in [1.29, 1.82) is 0 Å². The first-order valence-corrected chi connectivity index (χ1v) is 8.28. The maximum absolute atomic E-state index is 12.2. The summed E-state index contributed by atoms with van der Waals surface area (Å²) in [7, 11) is -1.41. The molecule has 0 radical (unpaired) electrons. The highest BCUT2D eigenvalue weighted by atomic mass is 32.2. The Balaban J connectivity index is 2.07. The average molecular weight is 298 g/mol. The van der Waals surface area contributed by atoms with Crippen molar-refractivity contribution in [2.75, 3.05) is 30.4 Å². The molecule has 1 aliphatic rings. The minimum Gasteiger partial charge on any atom is -0.369 e. The van der Waals surface area contributed by atoms with Crippen LogP contribution in [-0.2, 0) is 9.84 Å². The van der Waals surface area contributed by atoms with Crippen molar-refractivity contribution < 1.29 is 13.2 Å². The Morgan fingerprint density at radius 3 is 2.70 bits per heavy atom. The normalized spacial score (nSPS) is 20.6. The molecule has 8 heteroatoms. The van der Waals surface area contributed by atoms with Crippen LogP contribution in [0.4, 0.5) is 5.82 Å². The molecule has 1 atom stereocenters. The van der Waals surface area contributed by atoms with Crippen LogP contribution in [0, 0.1) is 0 Å². The molecule has 1 aliphatic heterocycles. The molecule has 0 saturated carbocycles. The summed E-state index contributed by atoms with van der Waals surface area (Å²) in [5.41, 5.74) is 0.221. The first-order chi connectivity index (χ1) is 9.43. The minimum atomic E-state index is -3.01. The number of hydrogen-bond donors (Lipinski definition) is 1. The van der Waals surface area contributed by atoms with Crippen molar-refractivity contribution in [3.8, 4) is 0 Å². The van der Waals surface area contributed by atoms with Crippen LogP contribution >= 0.6 is 0 Å². The van der Waals surface area contributed by atoms with Crippen LogP contribution in [0.2, 0.25) is 0 Å². The van der Waals surface area contributed by atoms with Gasteiger partial charge in [-0.1, -0.05) is 0 Å². The van der Waals surface area contributed by atoms with E-state index in [1.165, 1.54) is 17.3 Å². The van der Waals surface area contributed by atoms with E-state index in [-0.39, 0.29) is 29.1 Å².